The number of hydrogen-bond donors (Lipinski definition) is 3. The van der Waals surface area contributed by atoms with Crippen molar-refractivity contribution < 1.29 is 14.7 Å². The first-order chi connectivity index (χ1) is 11.6. The Hall–Kier alpha value is -3.08. The summed E-state index contributed by atoms with van der Waals surface area (Å²) in [5.74, 6) is -1.99. The summed E-state index contributed by atoms with van der Waals surface area (Å²) in [5.41, 5.74) is 2.22. The van der Waals surface area contributed by atoms with Crippen LogP contribution in [-0.4, -0.2) is 22.0 Å². The molecule has 0 saturated carbocycles. The van der Waals surface area contributed by atoms with Crippen LogP contribution in [0.25, 0.3) is 10.9 Å². The molecule has 3 rings (SSSR count). The summed E-state index contributed by atoms with van der Waals surface area (Å²) < 4.78 is 0. The Labute approximate surface area is 139 Å². The molecule has 0 saturated heterocycles. The number of nitrogens with one attached hydrogen (secondary N) is 2. The summed E-state index contributed by atoms with van der Waals surface area (Å²) in [6, 6.07) is 15.8. The van der Waals surface area contributed by atoms with Crippen molar-refractivity contribution in [3.8, 4) is 0 Å². The van der Waals surface area contributed by atoms with Crippen molar-refractivity contribution in [3.05, 3.63) is 71.9 Å². The van der Waals surface area contributed by atoms with Crippen LogP contribution in [0.5, 0.6) is 0 Å². The molecule has 5 heteroatoms. The van der Waals surface area contributed by atoms with Crippen molar-refractivity contribution in [2.24, 2.45) is 5.92 Å². The summed E-state index contributed by atoms with van der Waals surface area (Å²) >= 11 is 0. The van der Waals surface area contributed by atoms with E-state index < -0.39 is 17.9 Å². The van der Waals surface area contributed by atoms with E-state index in [1.54, 1.807) is 19.1 Å². The van der Waals surface area contributed by atoms with Crippen LogP contribution in [0.15, 0.2) is 60.8 Å². The van der Waals surface area contributed by atoms with Gasteiger partial charge in [-0.25, -0.2) is 0 Å². The molecule has 0 unspecified atom stereocenters. The van der Waals surface area contributed by atoms with Gasteiger partial charge < -0.3 is 15.4 Å². The fourth-order valence-corrected chi connectivity index (χ4v) is 2.72. The summed E-state index contributed by atoms with van der Waals surface area (Å²) in [5, 5.41) is 13.1. The van der Waals surface area contributed by atoms with E-state index >= 15 is 0 Å². The maximum atomic E-state index is 12.6. The lowest BCUT2D eigenvalue weighted by molar-refractivity contribution is -0.142. The Morgan fingerprint density at radius 3 is 2.54 bits per heavy atom. The number of aromatic amines is 1. The molecule has 3 aromatic rings. The number of carboxylic acids is 1. The van der Waals surface area contributed by atoms with Crippen molar-refractivity contribution in [3.63, 3.8) is 0 Å². The number of rotatable bonds is 5. The average molecular weight is 322 g/mol. The monoisotopic (exact) mass is 322 g/mol. The van der Waals surface area contributed by atoms with Gasteiger partial charge in [0.25, 0.3) is 5.91 Å². The van der Waals surface area contributed by atoms with Gasteiger partial charge in [0.15, 0.2) is 0 Å². The number of benzene rings is 2. The van der Waals surface area contributed by atoms with Crippen molar-refractivity contribution in [1.29, 1.82) is 0 Å². The molecule has 1 amide bonds. The Balaban J connectivity index is 1.88. The zero-order valence-electron chi connectivity index (χ0n) is 13.2. The third kappa shape index (κ3) is 3.15. The topological polar surface area (TPSA) is 82.2 Å². The van der Waals surface area contributed by atoms with Crippen molar-refractivity contribution in [1.82, 2.24) is 10.3 Å². The third-order valence-electron chi connectivity index (χ3n) is 4.15. The second-order valence-electron chi connectivity index (χ2n) is 5.77. The quantitative estimate of drug-likeness (QED) is 0.673. The molecule has 1 heterocycles. The van der Waals surface area contributed by atoms with Crippen LogP contribution in [-0.2, 0) is 4.79 Å². The lowest BCUT2D eigenvalue weighted by Crippen LogP contribution is -2.35. The van der Waals surface area contributed by atoms with Crippen LogP contribution in [0, 0.1) is 5.92 Å². The number of aromatic nitrogens is 1. The Morgan fingerprint density at radius 1 is 1.08 bits per heavy atom. The SMILES string of the molecule is C[C@H](C(=O)O)[C@H](NC(=O)c1ccc2[nH]ccc2c1)c1ccccc1. The molecule has 3 N–H and O–H groups in total. The van der Waals surface area contributed by atoms with Gasteiger partial charge in [0.2, 0.25) is 0 Å². The number of fused-ring (bicyclic) bond motifs is 1. The highest BCUT2D eigenvalue weighted by atomic mass is 16.4. The lowest BCUT2D eigenvalue weighted by Gasteiger charge is -2.23. The van der Waals surface area contributed by atoms with E-state index in [4.69, 9.17) is 0 Å². The minimum absolute atomic E-state index is 0.292. The van der Waals surface area contributed by atoms with Crippen LogP contribution in [0.3, 0.4) is 0 Å². The molecular weight excluding hydrogens is 304 g/mol. The lowest BCUT2D eigenvalue weighted by atomic mass is 9.94. The number of H-pyrrole nitrogens is 1. The number of aliphatic carboxylic acids is 1. The summed E-state index contributed by atoms with van der Waals surface area (Å²) in [6.07, 6.45) is 1.81. The highest BCUT2D eigenvalue weighted by Crippen LogP contribution is 2.23. The predicted molar refractivity (Wildman–Crippen MR) is 91.7 cm³/mol. The van der Waals surface area contributed by atoms with Crippen LogP contribution in [0.4, 0.5) is 0 Å². The number of carbonyl (C=O) groups excluding carboxylic acids is 1. The van der Waals surface area contributed by atoms with Crippen molar-refractivity contribution in [2.45, 2.75) is 13.0 Å². The normalized spacial score (nSPS) is 13.4. The molecule has 0 aliphatic carbocycles. The van der Waals surface area contributed by atoms with Gasteiger partial charge in [-0.05, 0) is 36.8 Å². The van der Waals surface area contributed by atoms with Crippen LogP contribution in [0.1, 0.15) is 28.9 Å². The highest BCUT2D eigenvalue weighted by molar-refractivity contribution is 5.98. The van der Waals surface area contributed by atoms with Crippen LogP contribution >= 0.6 is 0 Å². The molecule has 0 aliphatic heterocycles. The van der Waals surface area contributed by atoms with E-state index in [2.05, 4.69) is 10.3 Å². The molecule has 1 aromatic heterocycles. The standard InChI is InChI=1S/C19H18N2O3/c1-12(19(23)24)17(13-5-3-2-4-6-13)21-18(22)15-7-8-16-14(11-15)9-10-20-16/h2-12,17,20H,1H3,(H,21,22)(H,23,24)/t12-,17-/m0/s1. The predicted octanol–water partition coefficient (Wildman–Crippen LogP) is 3.36. The number of carbonyl (C=O) groups is 2. The van der Waals surface area contributed by atoms with Gasteiger partial charge in [0, 0.05) is 22.7 Å². The first-order valence-electron chi connectivity index (χ1n) is 7.72. The second kappa shape index (κ2) is 6.58. The number of amides is 1. The second-order valence-corrected chi connectivity index (χ2v) is 5.77. The number of hydrogen-bond acceptors (Lipinski definition) is 2. The van der Waals surface area contributed by atoms with Gasteiger partial charge >= 0.3 is 5.97 Å². The van der Waals surface area contributed by atoms with Crippen LogP contribution in [0.2, 0.25) is 0 Å². The fourth-order valence-electron chi connectivity index (χ4n) is 2.72. The summed E-state index contributed by atoms with van der Waals surface area (Å²) in [6.45, 7) is 1.59. The number of carboxylic acid groups (broad SMARTS) is 1. The van der Waals surface area contributed by atoms with Gasteiger partial charge in [0.1, 0.15) is 0 Å². The zero-order chi connectivity index (χ0) is 17.1. The molecule has 0 bridgehead atoms. The third-order valence-corrected chi connectivity index (χ3v) is 4.15. The molecule has 0 spiro atoms. The molecule has 2 aromatic carbocycles. The van der Waals surface area contributed by atoms with Crippen molar-refractivity contribution in [2.75, 3.05) is 0 Å². The molecule has 0 radical (unpaired) electrons. The fraction of sp³-hybridized carbons (Fsp3) is 0.158. The van der Waals surface area contributed by atoms with E-state index in [1.807, 2.05) is 48.7 Å². The van der Waals surface area contributed by atoms with E-state index in [-0.39, 0.29) is 5.91 Å². The van der Waals surface area contributed by atoms with Gasteiger partial charge in [-0.15, -0.1) is 0 Å². The van der Waals surface area contributed by atoms with E-state index in [1.165, 1.54) is 0 Å². The minimum Gasteiger partial charge on any atom is -0.481 e. The molecule has 2 atom stereocenters. The smallest absolute Gasteiger partial charge is 0.308 e. The van der Waals surface area contributed by atoms with E-state index in [0.717, 1.165) is 16.5 Å². The maximum Gasteiger partial charge on any atom is 0.308 e. The molecule has 0 aliphatic rings. The Kier molecular flexibility index (Phi) is 4.33. The molecule has 122 valence electrons. The van der Waals surface area contributed by atoms with E-state index in [0.29, 0.717) is 5.56 Å². The Bertz CT molecular complexity index is 870. The first-order valence-corrected chi connectivity index (χ1v) is 7.72. The van der Waals surface area contributed by atoms with Gasteiger partial charge in [0.05, 0.1) is 12.0 Å². The van der Waals surface area contributed by atoms with E-state index in [9.17, 15) is 14.7 Å². The van der Waals surface area contributed by atoms with Crippen molar-refractivity contribution >= 4 is 22.8 Å². The molecule has 0 fully saturated rings. The largest absolute Gasteiger partial charge is 0.481 e. The first kappa shape index (κ1) is 15.8. The minimum atomic E-state index is -0.953. The summed E-state index contributed by atoms with van der Waals surface area (Å²) in [4.78, 5) is 27.1. The van der Waals surface area contributed by atoms with Gasteiger partial charge in [-0.2, -0.15) is 0 Å². The van der Waals surface area contributed by atoms with Gasteiger partial charge in [-0.1, -0.05) is 30.3 Å². The highest BCUT2D eigenvalue weighted by Gasteiger charge is 2.27. The van der Waals surface area contributed by atoms with Crippen LogP contribution < -0.4 is 5.32 Å². The maximum absolute atomic E-state index is 12.6. The molecular formula is C19H18N2O3. The summed E-state index contributed by atoms with van der Waals surface area (Å²) in [7, 11) is 0. The molecule has 5 nitrogen and oxygen atoms in total. The van der Waals surface area contributed by atoms with Gasteiger partial charge in [-0.3, -0.25) is 9.59 Å². The Morgan fingerprint density at radius 2 is 1.83 bits per heavy atom. The molecule has 24 heavy (non-hydrogen) atoms. The zero-order valence-corrected chi connectivity index (χ0v) is 13.2. The average Bonchev–Trinajstić information content (AvgIpc) is 3.07.